The minimum atomic E-state index is -0.284. The van der Waals surface area contributed by atoms with Gasteiger partial charge in [-0.3, -0.25) is 4.98 Å². The lowest BCUT2D eigenvalue weighted by molar-refractivity contribution is 0.0775. The Kier molecular flexibility index (Phi) is 5.34. The van der Waals surface area contributed by atoms with Crippen molar-refractivity contribution in [3.8, 4) is 0 Å². The summed E-state index contributed by atoms with van der Waals surface area (Å²) in [4.78, 5) is 19.1. The number of urea groups is 1. The number of benzene rings is 1. The van der Waals surface area contributed by atoms with Gasteiger partial charge in [0.25, 0.3) is 0 Å². The molecule has 2 aliphatic heterocycles. The highest BCUT2D eigenvalue weighted by Gasteiger charge is 2.34. The number of halogens is 1. The van der Waals surface area contributed by atoms with E-state index in [1.807, 2.05) is 17.0 Å². The van der Waals surface area contributed by atoms with Crippen LogP contribution in [0, 0.1) is 5.82 Å². The third-order valence-corrected chi connectivity index (χ3v) is 5.45. The van der Waals surface area contributed by atoms with E-state index in [1.54, 1.807) is 24.5 Å². The second kappa shape index (κ2) is 8.05. The van der Waals surface area contributed by atoms with E-state index in [0.29, 0.717) is 6.61 Å². The molecule has 3 heterocycles. The molecule has 0 saturated carbocycles. The van der Waals surface area contributed by atoms with Crippen LogP contribution in [0.1, 0.15) is 48.9 Å². The van der Waals surface area contributed by atoms with E-state index in [-0.39, 0.29) is 30.0 Å². The lowest BCUT2D eigenvalue weighted by Crippen LogP contribution is -2.44. The highest BCUT2D eigenvalue weighted by atomic mass is 19.1. The number of carbonyl (C=O) groups excluding carboxylic acids is 1. The molecular formula is C21H24FN3O2. The molecule has 6 heteroatoms. The van der Waals surface area contributed by atoms with Crippen LogP contribution < -0.4 is 5.32 Å². The van der Waals surface area contributed by atoms with Crippen molar-refractivity contribution < 1.29 is 13.9 Å². The Morgan fingerprint density at radius 3 is 2.63 bits per heavy atom. The number of nitrogens with one attached hydrogen (secondary N) is 1. The first-order valence-electron chi connectivity index (χ1n) is 9.56. The Morgan fingerprint density at radius 2 is 1.93 bits per heavy atom. The summed E-state index contributed by atoms with van der Waals surface area (Å²) < 4.78 is 19.2. The molecule has 2 aromatic rings. The van der Waals surface area contributed by atoms with Gasteiger partial charge in [-0.05, 0) is 61.1 Å². The zero-order chi connectivity index (χ0) is 18.6. The fourth-order valence-corrected chi connectivity index (χ4v) is 4.08. The highest BCUT2D eigenvalue weighted by molar-refractivity contribution is 5.75. The van der Waals surface area contributed by atoms with Gasteiger partial charge >= 0.3 is 6.03 Å². The van der Waals surface area contributed by atoms with Crippen molar-refractivity contribution in [3.05, 3.63) is 65.7 Å². The Bertz CT molecular complexity index is 763. The van der Waals surface area contributed by atoms with Crippen LogP contribution in [0.4, 0.5) is 9.18 Å². The fourth-order valence-electron chi connectivity index (χ4n) is 4.08. The van der Waals surface area contributed by atoms with Gasteiger partial charge in [0.05, 0.1) is 18.2 Å². The Morgan fingerprint density at radius 1 is 1.15 bits per heavy atom. The number of carbonyl (C=O) groups is 1. The van der Waals surface area contributed by atoms with E-state index in [9.17, 15) is 9.18 Å². The van der Waals surface area contributed by atoms with Crippen molar-refractivity contribution in [3.63, 3.8) is 0 Å². The summed E-state index contributed by atoms with van der Waals surface area (Å²) in [5.74, 6) is -0.284. The lowest BCUT2D eigenvalue weighted by atomic mass is 9.99. The third kappa shape index (κ3) is 3.95. The van der Waals surface area contributed by atoms with Crippen molar-refractivity contribution in [2.24, 2.45) is 0 Å². The predicted molar refractivity (Wildman–Crippen MR) is 99.6 cm³/mol. The maximum absolute atomic E-state index is 13.3. The molecule has 0 bridgehead atoms. The Labute approximate surface area is 158 Å². The first kappa shape index (κ1) is 17.9. The number of hydrogen-bond acceptors (Lipinski definition) is 3. The second-order valence-corrected chi connectivity index (χ2v) is 7.16. The first-order chi connectivity index (χ1) is 13.2. The molecule has 2 aliphatic rings. The van der Waals surface area contributed by atoms with Crippen LogP contribution in [0.5, 0.6) is 0 Å². The Balaban J connectivity index is 1.53. The van der Waals surface area contributed by atoms with Crippen LogP contribution in [-0.2, 0) is 4.74 Å². The van der Waals surface area contributed by atoms with Crippen LogP contribution in [-0.4, -0.2) is 35.2 Å². The summed E-state index contributed by atoms with van der Waals surface area (Å²) >= 11 is 0. The maximum Gasteiger partial charge on any atom is 0.318 e. The van der Waals surface area contributed by atoms with Crippen molar-refractivity contribution in [1.29, 1.82) is 0 Å². The van der Waals surface area contributed by atoms with Crippen LogP contribution >= 0.6 is 0 Å². The fraction of sp³-hybridized carbons (Fsp3) is 0.429. The summed E-state index contributed by atoms with van der Waals surface area (Å²) in [6.07, 6.45) is 7.22. The molecule has 3 atom stereocenters. The van der Waals surface area contributed by atoms with Crippen LogP contribution in [0.3, 0.4) is 0 Å². The number of rotatable bonds is 4. The molecule has 4 rings (SSSR count). The molecule has 142 valence electrons. The topological polar surface area (TPSA) is 54.5 Å². The van der Waals surface area contributed by atoms with Crippen molar-refractivity contribution in [2.45, 2.75) is 43.9 Å². The van der Waals surface area contributed by atoms with E-state index in [1.165, 1.54) is 12.1 Å². The molecule has 27 heavy (non-hydrogen) atoms. The van der Waals surface area contributed by atoms with Crippen molar-refractivity contribution >= 4 is 6.03 Å². The van der Waals surface area contributed by atoms with Crippen LogP contribution in [0.2, 0.25) is 0 Å². The average molecular weight is 369 g/mol. The summed E-state index contributed by atoms with van der Waals surface area (Å²) in [6, 6.07) is 9.93. The van der Waals surface area contributed by atoms with Crippen molar-refractivity contribution in [2.75, 3.05) is 13.2 Å². The molecule has 1 aromatic heterocycles. The highest BCUT2D eigenvalue weighted by Crippen LogP contribution is 2.33. The minimum Gasteiger partial charge on any atom is -0.376 e. The molecule has 0 unspecified atom stereocenters. The van der Waals surface area contributed by atoms with Gasteiger partial charge in [0, 0.05) is 25.5 Å². The van der Waals surface area contributed by atoms with Gasteiger partial charge in [0.1, 0.15) is 5.82 Å². The number of ether oxygens (including phenoxy) is 1. The zero-order valence-electron chi connectivity index (χ0n) is 15.2. The van der Waals surface area contributed by atoms with E-state index in [0.717, 1.165) is 43.4 Å². The number of hydrogen-bond donors (Lipinski definition) is 1. The quantitative estimate of drug-likeness (QED) is 0.887. The predicted octanol–water partition coefficient (Wildman–Crippen LogP) is 3.99. The third-order valence-electron chi connectivity index (χ3n) is 5.45. The standard InChI is InChI=1S/C21H24FN3O2/c22-17-7-5-16(6-8-17)20(19-4-2-14-27-19)24-21(26)25-13-1-3-18(25)15-9-11-23-12-10-15/h5-12,18-20H,1-4,13-14H2,(H,24,26)/t18-,19+,20+/m0/s1. The molecule has 1 aromatic carbocycles. The van der Waals surface area contributed by atoms with Gasteiger partial charge < -0.3 is 15.0 Å². The van der Waals surface area contributed by atoms with E-state index < -0.39 is 0 Å². The van der Waals surface area contributed by atoms with Crippen LogP contribution in [0.15, 0.2) is 48.8 Å². The molecule has 2 saturated heterocycles. The number of aromatic nitrogens is 1. The smallest absolute Gasteiger partial charge is 0.318 e. The summed E-state index contributed by atoms with van der Waals surface area (Å²) in [5.41, 5.74) is 1.98. The van der Waals surface area contributed by atoms with E-state index in [2.05, 4.69) is 10.3 Å². The summed E-state index contributed by atoms with van der Waals surface area (Å²) in [7, 11) is 0. The molecule has 5 nitrogen and oxygen atoms in total. The van der Waals surface area contributed by atoms with Gasteiger partial charge in [0.15, 0.2) is 0 Å². The molecular weight excluding hydrogens is 345 g/mol. The first-order valence-corrected chi connectivity index (χ1v) is 9.56. The number of nitrogens with zero attached hydrogens (tertiary/aromatic N) is 2. The molecule has 0 aliphatic carbocycles. The molecule has 0 radical (unpaired) electrons. The van der Waals surface area contributed by atoms with E-state index >= 15 is 0 Å². The normalized spacial score (nSPS) is 23.4. The minimum absolute atomic E-state index is 0.0614. The second-order valence-electron chi connectivity index (χ2n) is 7.16. The zero-order valence-corrected chi connectivity index (χ0v) is 15.2. The Hall–Kier alpha value is -2.47. The van der Waals surface area contributed by atoms with Gasteiger partial charge in [0.2, 0.25) is 0 Å². The van der Waals surface area contributed by atoms with Crippen LogP contribution in [0.25, 0.3) is 0 Å². The van der Waals surface area contributed by atoms with Gasteiger partial charge in [-0.25, -0.2) is 9.18 Å². The van der Waals surface area contributed by atoms with Gasteiger partial charge in [-0.1, -0.05) is 12.1 Å². The number of likely N-dealkylation sites (tertiary alicyclic amines) is 1. The summed E-state index contributed by atoms with van der Waals surface area (Å²) in [6.45, 7) is 1.42. The number of amides is 2. The van der Waals surface area contributed by atoms with E-state index in [4.69, 9.17) is 4.74 Å². The maximum atomic E-state index is 13.3. The summed E-state index contributed by atoms with van der Waals surface area (Å²) in [5, 5.41) is 3.16. The monoisotopic (exact) mass is 369 g/mol. The van der Waals surface area contributed by atoms with Crippen molar-refractivity contribution in [1.82, 2.24) is 15.2 Å². The number of pyridine rings is 1. The molecule has 2 amide bonds. The SMILES string of the molecule is O=C(N[C@H](c1ccc(F)cc1)[C@H]1CCCO1)N1CCC[C@H]1c1ccncc1. The molecule has 0 spiro atoms. The average Bonchev–Trinajstić information content (AvgIpc) is 3.39. The van der Waals surface area contributed by atoms with Gasteiger partial charge in [-0.15, -0.1) is 0 Å². The lowest BCUT2D eigenvalue weighted by Gasteiger charge is -2.30. The largest absolute Gasteiger partial charge is 0.376 e. The molecule has 1 N–H and O–H groups in total. The van der Waals surface area contributed by atoms with Gasteiger partial charge in [-0.2, -0.15) is 0 Å². The molecule has 2 fully saturated rings.